The zero-order chi connectivity index (χ0) is 23.8. The molecule has 8 nitrogen and oxygen atoms in total. The third-order valence-corrected chi connectivity index (χ3v) is 7.14. The van der Waals surface area contributed by atoms with Crippen molar-refractivity contribution < 1.29 is 24.2 Å². The van der Waals surface area contributed by atoms with Crippen molar-refractivity contribution in [3.05, 3.63) is 53.6 Å². The predicted octanol–water partition coefficient (Wildman–Crippen LogP) is 3.60. The van der Waals surface area contributed by atoms with Gasteiger partial charge in [0.25, 0.3) is 5.91 Å². The molecule has 1 saturated heterocycles. The maximum Gasteiger partial charge on any atom is 0.414 e. The van der Waals surface area contributed by atoms with E-state index in [0.717, 1.165) is 17.5 Å². The Hall–Kier alpha value is -3.07. The summed E-state index contributed by atoms with van der Waals surface area (Å²) < 4.78 is 30.5. The lowest BCUT2D eigenvalue weighted by Crippen LogP contribution is -2.49. The molecule has 2 aromatic rings. The first-order valence-corrected chi connectivity index (χ1v) is 13.0. The second-order valence-corrected chi connectivity index (χ2v) is 10.8. The van der Waals surface area contributed by atoms with Crippen LogP contribution in [0.2, 0.25) is 0 Å². The fourth-order valence-corrected chi connectivity index (χ4v) is 5.36. The maximum atomic E-state index is 12.6. The number of hydrogen-bond acceptors (Lipinski definition) is 6. The normalized spacial score (nSPS) is 17.0. The van der Waals surface area contributed by atoms with Crippen LogP contribution in [-0.4, -0.2) is 51.8 Å². The van der Waals surface area contributed by atoms with Gasteiger partial charge in [-0.05, 0) is 51.0 Å². The van der Waals surface area contributed by atoms with Crippen LogP contribution in [0.25, 0.3) is 0 Å². The molecular formula is C24H31N3O5S. The zero-order valence-electron chi connectivity index (χ0n) is 19.1. The summed E-state index contributed by atoms with van der Waals surface area (Å²) in [7, 11) is -3.56. The number of hydrogen-bond donors (Lipinski definition) is 1. The molecule has 0 saturated carbocycles. The van der Waals surface area contributed by atoms with E-state index in [-0.39, 0.29) is 37.0 Å². The van der Waals surface area contributed by atoms with Crippen LogP contribution >= 0.6 is 0 Å². The Morgan fingerprint density at radius 2 is 1.82 bits per heavy atom. The standard InChI is InChI=1S/C24H29N3O5S.H2/c1-16(2)25-23(28)17-8-9-21(22(14-17)33(3,30)31)26-12-10-19(11-13-26)27-20-7-5-4-6-18(20)15-32-24(27)29;/h4-9,14,16,19H,10-13,15H2,1-3H3,(H,25,28);1H. The topological polar surface area (TPSA) is 96.0 Å². The van der Waals surface area contributed by atoms with Crippen LogP contribution < -0.4 is 15.1 Å². The number of nitrogens with one attached hydrogen (secondary N) is 1. The van der Waals surface area contributed by atoms with Crippen molar-refractivity contribution in [1.29, 1.82) is 0 Å². The number of nitrogens with zero attached hydrogens (tertiary/aromatic N) is 2. The van der Waals surface area contributed by atoms with Crippen molar-refractivity contribution >= 4 is 33.2 Å². The number of anilines is 2. The molecule has 2 heterocycles. The lowest BCUT2D eigenvalue weighted by atomic mass is 10.00. The van der Waals surface area contributed by atoms with Gasteiger partial charge in [-0.1, -0.05) is 18.2 Å². The summed E-state index contributed by atoms with van der Waals surface area (Å²) in [6.07, 6.45) is 2.15. The van der Waals surface area contributed by atoms with Crippen LogP contribution in [-0.2, 0) is 21.2 Å². The molecule has 1 fully saturated rings. The average molecular weight is 474 g/mol. The Bertz CT molecular complexity index is 1180. The minimum absolute atomic E-state index is 0. The number of para-hydroxylation sites is 1. The monoisotopic (exact) mass is 473 g/mol. The Labute approximate surface area is 195 Å². The molecule has 0 radical (unpaired) electrons. The Kier molecular flexibility index (Phi) is 6.34. The summed E-state index contributed by atoms with van der Waals surface area (Å²) in [6.45, 7) is 5.14. The van der Waals surface area contributed by atoms with E-state index >= 15 is 0 Å². The molecule has 0 atom stereocenters. The first-order valence-electron chi connectivity index (χ1n) is 11.1. The third-order valence-electron chi connectivity index (χ3n) is 6.01. The molecule has 4 rings (SSSR count). The van der Waals surface area contributed by atoms with Gasteiger partial charge >= 0.3 is 6.09 Å². The van der Waals surface area contributed by atoms with Crippen LogP contribution in [0.5, 0.6) is 0 Å². The first kappa shape index (κ1) is 23.1. The van der Waals surface area contributed by atoms with Crippen molar-refractivity contribution in [2.45, 2.75) is 50.3 Å². The molecule has 2 aliphatic heterocycles. The van der Waals surface area contributed by atoms with Gasteiger partial charge in [0, 0.05) is 44.0 Å². The molecule has 0 bridgehead atoms. The van der Waals surface area contributed by atoms with Gasteiger partial charge in [-0.2, -0.15) is 0 Å². The van der Waals surface area contributed by atoms with Gasteiger partial charge in [0.2, 0.25) is 0 Å². The van der Waals surface area contributed by atoms with Crippen molar-refractivity contribution in [2.24, 2.45) is 0 Å². The molecule has 178 valence electrons. The molecule has 33 heavy (non-hydrogen) atoms. The van der Waals surface area contributed by atoms with Gasteiger partial charge in [-0.15, -0.1) is 0 Å². The highest BCUT2D eigenvalue weighted by Gasteiger charge is 2.35. The van der Waals surface area contributed by atoms with Crippen LogP contribution in [0.15, 0.2) is 47.4 Å². The van der Waals surface area contributed by atoms with E-state index in [4.69, 9.17) is 4.74 Å². The third kappa shape index (κ3) is 4.83. The van der Waals surface area contributed by atoms with Crippen LogP contribution in [0.3, 0.4) is 0 Å². The van der Waals surface area contributed by atoms with E-state index in [1.165, 1.54) is 6.07 Å². The van der Waals surface area contributed by atoms with Gasteiger partial charge in [-0.25, -0.2) is 13.2 Å². The van der Waals surface area contributed by atoms with Crippen LogP contribution in [0, 0.1) is 0 Å². The SMILES string of the molecule is CC(C)NC(=O)c1ccc(N2CCC(N3C(=O)OCc4ccccc43)CC2)c(S(C)(=O)=O)c1.[HH]. The number of cyclic esters (lactones) is 1. The summed E-state index contributed by atoms with van der Waals surface area (Å²) in [5, 5.41) is 2.79. The highest BCUT2D eigenvalue weighted by Crippen LogP contribution is 2.34. The van der Waals surface area contributed by atoms with Crippen molar-refractivity contribution in [1.82, 2.24) is 5.32 Å². The van der Waals surface area contributed by atoms with Gasteiger partial charge < -0.3 is 15.0 Å². The Morgan fingerprint density at radius 3 is 2.48 bits per heavy atom. The zero-order valence-corrected chi connectivity index (χ0v) is 19.9. The average Bonchev–Trinajstić information content (AvgIpc) is 2.78. The number of benzene rings is 2. The minimum atomic E-state index is -3.56. The highest BCUT2D eigenvalue weighted by molar-refractivity contribution is 7.90. The smallest absolute Gasteiger partial charge is 0.414 e. The van der Waals surface area contributed by atoms with Gasteiger partial charge in [0.05, 0.1) is 16.3 Å². The second-order valence-electron chi connectivity index (χ2n) is 8.85. The summed E-state index contributed by atoms with van der Waals surface area (Å²) >= 11 is 0. The number of piperidine rings is 1. The fraction of sp³-hybridized carbons (Fsp3) is 0.417. The van der Waals surface area contributed by atoms with Crippen LogP contribution in [0.1, 0.15) is 44.0 Å². The Morgan fingerprint density at radius 1 is 1.12 bits per heavy atom. The second kappa shape index (κ2) is 9.05. The van der Waals surface area contributed by atoms with E-state index in [2.05, 4.69) is 5.32 Å². The predicted molar refractivity (Wildman–Crippen MR) is 129 cm³/mol. The van der Waals surface area contributed by atoms with E-state index < -0.39 is 9.84 Å². The summed E-state index contributed by atoms with van der Waals surface area (Å²) in [5.74, 6) is -0.303. The molecule has 0 unspecified atom stereocenters. The minimum Gasteiger partial charge on any atom is -0.444 e. The molecule has 2 aromatic carbocycles. The molecule has 1 N–H and O–H groups in total. The molecule has 2 aliphatic rings. The largest absolute Gasteiger partial charge is 0.444 e. The van der Waals surface area contributed by atoms with E-state index in [1.54, 1.807) is 17.0 Å². The molecule has 2 amide bonds. The van der Waals surface area contributed by atoms with E-state index in [1.807, 2.05) is 43.0 Å². The highest BCUT2D eigenvalue weighted by atomic mass is 32.2. The number of carbonyl (C=O) groups is 2. The number of rotatable bonds is 5. The summed E-state index contributed by atoms with van der Waals surface area (Å²) in [5.41, 5.74) is 2.76. The van der Waals surface area contributed by atoms with Crippen molar-refractivity contribution in [3.8, 4) is 0 Å². The van der Waals surface area contributed by atoms with E-state index in [9.17, 15) is 18.0 Å². The summed E-state index contributed by atoms with van der Waals surface area (Å²) in [6, 6.07) is 12.5. The van der Waals surface area contributed by atoms with Crippen LogP contribution in [0.4, 0.5) is 16.2 Å². The van der Waals surface area contributed by atoms with Crippen molar-refractivity contribution in [2.75, 3.05) is 29.1 Å². The lowest BCUT2D eigenvalue weighted by molar-refractivity contribution is 0.0943. The van der Waals surface area contributed by atoms with Gasteiger partial charge in [0.1, 0.15) is 6.61 Å². The number of ether oxygens (including phenoxy) is 1. The Balaban J connectivity index is 0.00000324. The molecule has 9 heteroatoms. The number of amides is 2. The lowest BCUT2D eigenvalue weighted by Gasteiger charge is -2.41. The van der Waals surface area contributed by atoms with Gasteiger partial charge in [-0.3, -0.25) is 9.69 Å². The molecule has 0 aromatic heterocycles. The quantitative estimate of drug-likeness (QED) is 0.713. The van der Waals surface area contributed by atoms with Crippen molar-refractivity contribution in [3.63, 3.8) is 0 Å². The molecular weight excluding hydrogens is 442 g/mol. The molecule has 0 spiro atoms. The molecule has 0 aliphatic carbocycles. The maximum absolute atomic E-state index is 12.6. The van der Waals surface area contributed by atoms with Gasteiger partial charge in [0.15, 0.2) is 9.84 Å². The fourth-order valence-electron chi connectivity index (χ4n) is 4.45. The summed E-state index contributed by atoms with van der Waals surface area (Å²) in [4.78, 5) is 28.8. The first-order chi connectivity index (χ1) is 15.6. The van der Waals surface area contributed by atoms with E-state index in [0.29, 0.717) is 37.2 Å². The number of sulfone groups is 1. The number of carbonyl (C=O) groups excluding carboxylic acids is 2. The number of fused-ring (bicyclic) bond motifs is 1.